The lowest BCUT2D eigenvalue weighted by Gasteiger charge is -2.29. The molecule has 0 amide bonds. The van der Waals surface area contributed by atoms with Crippen molar-refractivity contribution in [2.24, 2.45) is 0 Å². The first-order valence-electron chi connectivity index (χ1n) is 9.19. The topological polar surface area (TPSA) is 43.8 Å². The van der Waals surface area contributed by atoms with Gasteiger partial charge in [0, 0.05) is 18.6 Å². The van der Waals surface area contributed by atoms with Crippen LogP contribution in [0.3, 0.4) is 0 Å². The predicted molar refractivity (Wildman–Crippen MR) is 109 cm³/mol. The molecule has 0 aliphatic carbocycles. The standard InChI is InChI=1S/C21H28N2O2.ClH/c1-16(18-10-9-17-6-3-4-7-19(17)14-18)23-12-5-8-20(11-13-23)22(2)15-21(24)25;/h3-4,6-7,9-10,14,16,20H,5,8,11-13,15H2,1-2H3,(H,24,25);1H. The number of carboxylic acids is 1. The lowest BCUT2D eigenvalue weighted by atomic mass is 10.0. The van der Waals surface area contributed by atoms with Gasteiger partial charge < -0.3 is 5.11 Å². The van der Waals surface area contributed by atoms with Crippen LogP contribution in [0.4, 0.5) is 0 Å². The van der Waals surface area contributed by atoms with Gasteiger partial charge in [0.15, 0.2) is 0 Å². The lowest BCUT2D eigenvalue weighted by molar-refractivity contribution is -0.138. The molecule has 1 heterocycles. The van der Waals surface area contributed by atoms with Crippen molar-refractivity contribution in [3.05, 3.63) is 48.0 Å². The molecule has 2 aromatic carbocycles. The molecule has 1 fully saturated rings. The number of nitrogens with zero attached hydrogens (tertiary/aromatic N) is 2. The Balaban J connectivity index is 0.00000243. The van der Waals surface area contributed by atoms with Crippen LogP contribution in [0.25, 0.3) is 10.8 Å². The van der Waals surface area contributed by atoms with Crippen molar-refractivity contribution < 1.29 is 9.90 Å². The lowest BCUT2D eigenvalue weighted by Crippen LogP contribution is -2.36. The van der Waals surface area contributed by atoms with Gasteiger partial charge in [0.05, 0.1) is 6.54 Å². The highest BCUT2D eigenvalue weighted by Gasteiger charge is 2.24. The number of rotatable bonds is 5. The minimum Gasteiger partial charge on any atom is -0.480 e. The molecule has 0 bridgehead atoms. The van der Waals surface area contributed by atoms with Gasteiger partial charge in [0.1, 0.15) is 0 Å². The fourth-order valence-electron chi connectivity index (χ4n) is 3.95. The highest BCUT2D eigenvalue weighted by Crippen LogP contribution is 2.27. The quantitative estimate of drug-likeness (QED) is 0.849. The van der Waals surface area contributed by atoms with E-state index in [1.165, 1.54) is 16.3 Å². The summed E-state index contributed by atoms with van der Waals surface area (Å²) in [6, 6.07) is 16.0. The van der Waals surface area contributed by atoms with Gasteiger partial charge in [-0.05, 0) is 62.2 Å². The number of carbonyl (C=O) groups is 1. The average Bonchev–Trinajstić information content (AvgIpc) is 2.86. The summed E-state index contributed by atoms with van der Waals surface area (Å²) in [4.78, 5) is 15.5. The van der Waals surface area contributed by atoms with Crippen LogP contribution in [0.15, 0.2) is 42.5 Å². The van der Waals surface area contributed by atoms with Gasteiger partial charge in [-0.3, -0.25) is 14.6 Å². The van der Waals surface area contributed by atoms with E-state index in [0.717, 1.165) is 32.4 Å². The van der Waals surface area contributed by atoms with Crippen LogP contribution in [0, 0.1) is 0 Å². The van der Waals surface area contributed by atoms with E-state index in [9.17, 15) is 4.79 Å². The maximum atomic E-state index is 11.0. The van der Waals surface area contributed by atoms with Crippen molar-refractivity contribution in [3.63, 3.8) is 0 Å². The van der Waals surface area contributed by atoms with Crippen molar-refractivity contribution in [2.75, 3.05) is 26.7 Å². The summed E-state index contributed by atoms with van der Waals surface area (Å²) in [5.74, 6) is -0.742. The third-order valence-corrected chi connectivity index (χ3v) is 5.54. The van der Waals surface area contributed by atoms with Crippen molar-refractivity contribution in [1.82, 2.24) is 9.80 Å². The number of aliphatic carboxylic acids is 1. The van der Waals surface area contributed by atoms with Gasteiger partial charge in [-0.15, -0.1) is 12.4 Å². The van der Waals surface area contributed by atoms with E-state index in [0.29, 0.717) is 12.1 Å². The molecule has 1 N–H and O–H groups in total. The number of hydrogen-bond donors (Lipinski definition) is 1. The number of fused-ring (bicyclic) bond motifs is 1. The molecule has 4 nitrogen and oxygen atoms in total. The normalized spacial score (nSPS) is 19.7. The molecule has 1 aliphatic heterocycles. The highest BCUT2D eigenvalue weighted by molar-refractivity contribution is 5.85. The predicted octanol–water partition coefficient (Wildman–Crippen LogP) is 4.19. The summed E-state index contributed by atoms with van der Waals surface area (Å²) in [6.07, 6.45) is 3.22. The van der Waals surface area contributed by atoms with E-state index in [1.807, 2.05) is 11.9 Å². The molecular formula is C21H29ClN2O2. The molecule has 2 atom stereocenters. The number of hydrogen-bond acceptors (Lipinski definition) is 3. The maximum Gasteiger partial charge on any atom is 0.317 e. The van der Waals surface area contributed by atoms with E-state index < -0.39 is 5.97 Å². The van der Waals surface area contributed by atoms with Gasteiger partial charge in [-0.25, -0.2) is 0 Å². The monoisotopic (exact) mass is 376 g/mol. The summed E-state index contributed by atoms with van der Waals surface area (Å²) in [5, 5.41) is 11.6. The van der Waals surface area contributed by atoms with Crippen LogP contribution < -0.4 is 0 Å². The van der Waals surface area contributed by atoms with Crippen LogP contribution in [-0.4, -0.2) is 53.6 Å². The number of halogens is 1. The number of likely N-dealkylation sites (N-methyl/N-ethyl adjacent to an activating group) is 1. The van der Waals surface area contributed by atoms with E-state index in [4.69, 9.17) is 5.11 Å². The molecule has 1 aliphatic rings. The molecule has 0 aromatic heterocycles. The summed E-state index contributed by atoms with van der Waals surface area (Å²) >= 11 is 0. The second kappa shape index (κ2) is 9.36. The molecule has 2 unspecified atom stereocenters. The van der Waals surface area contributed by atoms with Crippen molar-refractivity contribution in [2.45, 2.75) is 38.3 Å². The van der Waals surface area contributed by atoms with Gasteiger partial charge in [0.25, 0.3) is 0 Å². The molecule has 3 rings (SSSR count). The maximum absolute atomic E-state index is 11.0. The number of likely N-dealkylation sites (tertiary alicyclic amines) is 1. The molecular weight excluding hydrogens is 348 g/mol. The largest absolute Gasteiger partial charge is 0.480 e. The zero-order valence-corrected chi connectivity index (χ0v) is 16.4. The molecule has 2 aromatic rings. The van der Waals surface area contributed by atoms with Gasteiger partial charge in [-0.2, -0.15) is 0 Å². The van der Waals surface area contributed by atoms with Gasteiger partial charge in [0.2, 0.25) is 0 Å². The first kappa shape index (κ1) is 20.7. The zero-order valence-electron chi connectivity index (χ0n) is 15.6. The highest BCUT2D eigenvalue weighted by atomic mass is 35.5. The second-order valence-corrected chi connectivity index (χ2v) is 7.21. The Morgan fingerprint density at radius 2 is 1.92 bits per heavy atom. The van der Waals surface area contributed by atoms with Crippen LogP contribution >= 0.6 is 12.4 Å². The Kier molecular flexibility index (Phi) is 7.44. The number of benzene rings is 2. The van der Waals surface area contributed by atoms with E-state index in [-0.39, 0.29) is 19.0 Å². The summed E-state index contributed by atoms with van der Waals surface area (Å²) < 4.78 is 0. The molecule has 0 spiro atoms. The van der Waals surface area contributed by atoms with Crippen LogP contribution in [-0.2, 0) is 4.79 Å². The molecule has 26 heavy (non-hydrogen) atoms. The Morgan fingerprint density at radius 1 is 1.19 bits per heavy atom. The van der Waals surface area contributed by atoms with Crippen molar-refractivity contribution in [3.8, 4) is 0 Å². The third kappa shape index (κ3) is 4.97. The Bertz CT molecular complexity index is 737. The Labute approximate surface area is 162 Å². The zero-order chi connectivity index (χ0) is 17.8. The Morgan fingerprint density at radius 3 is 2.65 bits per heavy atom. The SMILES string of the molecule is CC(c1ccc2ccccc2c1)N1CCCC(N(C)CC(=O)O)CC1.Cl. The summed E-state index contributed by atoms with van der Waals surface area (Å²) in [5.41, 5.74) is 1.36. The minimum atomic E-state index is -0.742. The first-order chi connectivity index (χ1) is 12.0. The molecule has 5 heteroatoms. The van der Waals surface area contributed by atoms with Crippen molar-refractivity contribution >= 4 is 29.1 Å². The fraction of sp³-hybridized carbons (Fsp3) is 0.476. The van der Waals surface area contributed by atoms with Crippen molar-refractivity contribution in [1.29, 1.82) is 0 Å². The summed E-state index contributed by atoms with van der Waals surface area (Å²) in [6.45, 7) is 4.50. The van der Waals surface area contributed by atoms with E-state index in [1.54, 1.807) is 0 Å². The first-order valence-corrected chi connectivity index (χ1v) is 9.19. The molecule has 0 saturated carbocycles. The van der Waals surface area contributed by atoms with Crippen LogP contribution in [0.2, 0.25) is 0 Å². The number of carboxylic acid groups (broad SMARTS) is 1. The molecule has 142 valence electrons. The second-order valence-electron chi connectivity index (χ2n) is 7.21. The van der Waals surface area contributed by atoms with E-state index >= 15 is 0 Å². The van der Waals surface area contributed by atoms with Gasteiger partial charge >= 0.3 is 5.97 Å². The van der Waals surface area contributed by atoms with Crippen LogP contribution in [0.1, 0.15) is 37.8 Å². The van der Waals surface area contributed by atoms with Gasteiger partial charge in [-0.1, -0.05) is 36.4 Å². The average molecular weight is 377 g/mol. The Hall–Kier alpha value is -1.62. The van der Waals surface area contributed by atoms with E-state index in [2.05, 4.69) is 54.3 Å². The minimum absolute atomic E-state index is 0. The molecule has 0 radical (unpaired) electrons. The smallest absolute Gasteiger partial charge is 0.317 e. The third-order valence-electron chi connectivity index (χ3n) is 5.54. The van der Waals surface area contributed by atoms with Crippen LogP contribution in [0.5, 0.6) is 0 Å². The molecule has 1 saturated heterocycles. The fourth-order valence-corrected chi connectivity index (χ4v) is 3.95. The summed E-state index contributed by atoms with van der Waals surface area (Å²) in [7, 11) is 1.93.